The zero-order valence-corrected chi connectivity index (χ0v) is 9.34. The first-order valence-electron chi connectivity index (χ1n) is 4.45. The third kappa shape index (κ3) is 4.25. The Kier molecular flexibility index (Phi) is 4.79. The predicted molar refractivity (Wildman–Crippen MR) is 61.7 cm³/mol. The van der Waals surface area contributed by atoms with Gasteiger partial charge < -0.3 is 5.32 Å². The molecule has 1 aromatic rings. The molecule has 0 aliphatic rings. The zero-order chi connectivity index (χ0) is 9.52. The summed E-state index contributed by atoms with van der Waals surface area (Å²) in [5, 5.41) is 3.23. The van der Waals surface area contributed by atoms with E-state index in [1.54, 1.807) is 0 Å². The van der Waals surface area contributed by atoms with Gasteiger partial charge in [-0.15, -0.1) is 0 Å². The van der Waals surface area contributed by atoms with Crippen molar-refractivity contribution in [2.45, 2.75) is 6.92 Å². The zero-order valence-electron chi connectivity index (χ0n) is 7.76. The maximum Gasteiger partial charge on any atom is 0.0175 e. The minimum absolute atomic E-state index is 0.937. The van der Waals surface area contributed by atoms with Gasteiger partial charge in [0.25, 0.3) is 0 Å². The topological polar surface area (TPSA) is 12.0 Å². The molecule has 1 N–H and O–H groups in total. The molecule has 0 aromatic heterocycles. The summed E-state index contributed by atoms with van der Waals surface area (Å²) in [5.74, 6) is 0. The van der Waals surface area contributed by atoms with E-state index in [1.165, 1.54) is 5.56 Å². The Bertz CT molecular complexity index is 264. The van der Waals surface area contributed by atoms with Gasteiger partial charge in [0.15, 0.2) is 0 Å². The summed E-state index contributed by atoms with van der Waals surface area (Å²) in [6, 6.07) is 8.28. The summed E-state index contributed by atoms with van der Waals surface area (Å²) in [7, 11) is 0. The van der Waals surface area contributed by atoms with Crippen molar-refractivity contribution in [1.29, 1.82) is 0 Å². The molecule has 0 fully saturated rings. The van der Waals surface area contributed by atoms with E-state index >= 15 is 0 Å². The molecule has 0 unspecified atom stereocenters. The molecule has 0 heterocycles. The quantitative estimate of drug-likeness (QED) is 0.797. The highest BCUT2D eigenvalue weighted by molar-refractivity contribution is 9.10. The SMILES string of the molecule is CCNC/C=C/c1ccc(Br)cc1. The van der Waals surface area contributed by atoms with Crippen LogP contribution >= 0.6 is 15.9 Å². The van der Waals surface area contributed by atoms with Gasteiger partial charge in [-0.05, 0) is 24.2 Å². The largest absolute Gasteiger partial charge is 0.314 e. The van der Waals surface area contributed by atoms with Crippen LogP contribution in [0.15, 0.2) is 34.8 Å². The summed E-state index contributed by atoms with van der Waals surface area (Å²) < 4.78 is 1.12. The van der Waals surface area contributed by atoms with Crippen LogP contribution < -0.4 is 5.32 Å². The Labute approximate surface area is 88.0 Å². The highest BCUT2D eigenvalue weighted by atomic mass is 79.9. The van der Waals surface area contributed by atoms with E-state index < -0.39 is 0 Å². The number of hydrogen-bond donors (Lipinski definition) is 1. The Morgan fingerprint density at radius 2 is 2.00 bits per heavy atom. The summed E-state index contributed by atoms with van der Waals surface area (Å²) in [4.78, 5) is 0. The first kappa shape index (κ1) is 10.5. The van der Waals surface area contributed by atoms with Crippen molar-refractivity contribution < 1.29 is 0 Å². The van der Waals surface area contributed by atoms with Crippen LogP contribution in [0.3, 0.4) is 0 Å². The average Bonchev–Trinajstić information content (AvgIpc) is 2.15. The van der Waals surface area contributed by atoms with Crippen molar-refractivity contribution in [3.05, 3.63) is 40.4 Å². The minimum atomic E-state index is 0.937. The molecule has 0 amide bonds. The Balaban J connectivity index is 2.44. The van der Waals surface area contributed by atoms with Crippen LogP contribution in [0.5, 0.6) is 0 Å². The van der Waals surface area contributed by atoms with Crippen molar-refractivity contribution in [3.8, 4) is 0 Å². The second kappa shape index (κ2) is 5.95. The monoisotopic (exact) mass is 239 g/mol. The molecule has 0 atom stereocenters. The van der Waals surface area contributed by atoms with E-state index in [1.807, 2.05) is 12.1 Å². The highest BCUT2D eigenvalue weighted by Crippen LogP contribution is 2.11. The van der Waals surface area contributed by atoms with Gasteiger partial charge >= 0.3 is 0 Å². The van der Waals surface area contributed by atoms with Crippen LogP contribution in [0.4, 0.5) is 0 Å². The molecule has 0 spiro atoms. The first-order valence-corrected chi connectivity index (χ1v) is 5.25. The summed E-state index contributed by atoms with van der Waals surface area (Å²) in [6.45, 7) is 4.06. The second-order valence-electron chi connectivity index (χ2n) is 2.76. The van der Waals surface area contributed by atoms with Crippen molar-refractivity contribution >= 4 is 22.0 Å². The summed E-state index contributed by atoms with van der Waals surface area (Å²) >= 11 is 3.40. The smallest absolute Gasteiger partial charge is 0.0175 e. The fourth-order valence-electron chi connectivity index (χ4n) is 0.997. The van der Waals surface area contributed by atoms with E-state index in [2.05, 4.69) is 52.5 Å². The van der Waals surface area contributed by atoms with E-state index in [9.17, 15) is 0 Å². The molecule has 0 saturated carbocycles. The van der Waals surface area contributed by atoms with Crippen LogP contribution in [0.2, 0.25) is 0 Å². The Morgan fingerprint density at radius 1 is 1.31 bits per heavy atom. The van der Waals surface area contributed by atoms with Crippen LogP contribution in [0.25, 0.3) is 6.08 Å². The lowest BCUT2D eigenvalue weighted by Gasteiger charge is -1.95. The van der Waals surface area contributed by atoms with Gasteiger partial charge in [0.05, 0.1) is 0 Å². The molecule has 1 rings (SSSR count). The fourth-order valence-corrected chi connectivity index (χ4v) is 1.26. The molecule has 1 nitrogen and oxygen atoms in total. The lowest BCUT2D eigenvalue weighted by molar-refractivity contribution is 0.801. The Morgan fingerprint density at radius 3 is 2.62 bits per heavy atom. The lowest BCUT2D eigenvalue weighted by atomic mass is 10.2. The van der Waals surface area contributed by atoms with Gasteiger partial charge in [-0.1, -0.05) is 47.1 Å². The predicted octanol–water partition coefficient (Wildman–Crippen LogP) is 3.07. The highest BCUT2D eigenvalue weighted by Gasteiger charge is 1.86. The van der Waals surface area contributed by atoms with E-state index in [0.717, 1.165) is 17.6 Å². The van der Waals surface area contributed by atoms with Crippen molar-refractivity contribution in [2.24, 2.45) is 0 Å². The summed E-state index contributed by atoms with van der Waals surface area (Å²) in [5.41, 5.74) is 1.24. The first-order chi connectivity index (χ1) is 6.33. The molecule has 0 saturated heterocycles. The van der Waals surface area contributed by atoms with Crippen molar-refractivity contribution in [1.82, 2.24) is 5.32 Å². The van der Waals surface area contributed by atoms with E-state index in [4.69, 9.17) is 0 Å². The number of hydrogen-bond acceptors (Lipinski definition) is 1. The van der Waals surface area contributed by atoms with Gasteiger partial charge in [0, 0.05) is 11.0 Å². The molecule has 70 valence electrons. The molecular formula is C11H14BrN. The van der Waals surface area contributed by atoms with Crippen molar-refractivity contribution in [2.75, 3.05) is 13.1 Å². The molecule has 0 radical (unpaired) electrons. The third-order valence-corrected chi connectivity index (χ3v) is 2.22. The third-order valence-electron chi connectivity index (χ3n) is 1.69. The second-order valence-corrected chi connectivity index (χ2v) is 3.68. The maximum atomic E-state index is 3.40. The normalized spacial score (nSPS) is 10.9. The van der Waals surface area contributed by atoms with Crippen LogP contribution in [-0.4, -0.2) is 13.1 Å². The molecule has 1 aromatic carbocycles. The minimum Gasteiger partial charge on any atom is -0.314 e. The molecule has 0 aliphatic heterocycles. The van der Waals surface area contributed by atoms with Gasteiger partial charge in [-0.2, -0.15) is 0 Å². The molecule has 0 aliphatic carbocycles. The lowest BCUT2D eigenvalue weighted by Crippen LogP contribution is -2.11. The number of rotatable bonds is 4. The maximum absolute atomic E-state index is 3.40. The fraction of sp³-hybridized carbons (Fsp3) is 0.273. The number of nitrogens with one attached hydrogen (secondary N) is 1. The Hall–Kier alpha value is -0.600. The van der Waals surface area contributed by atoms with Gasteiger partial charge in [-0.25, -0.2) is 0 Å². The van der Waals surface area contributed by atoms with Gasteiger partial charge in [0.2, 0.25) is 0 Å². The molecule has 0 bridgehead atoms. The molecular weight excluding hydrogens is 226 g/mol. The van der Waals surface area contributed by atoms with E-state index in [0.29, 0.717) is 0 Å². The van der Waals surface area contributed by atoms with Gasteiger partial charge in [-0.3, -0.25) is 0 Å². The van der Waals surface area contributed by atoms with Crippen LogP contribution in [0.1, 0.15) is 12.5 Å². The summed E-state index contributed by atoms with van der Waals surface area (Å²) in [6.07, 6.45) is 4.25. The number of likely N-dealkylation sites (N-methyl/N-ethyl adjacent to an activating group) is 1. The number of halogens is 1. The molecule has 13 heavy (non-hydrogen) atoms. The van der Waals surface area contributed by atoms with Gasteiger partial charge in [0.1, 0.15) is 0 Å². The number of benzene rings is 1. The molecule has 2 heteroatoms. The van der Waals surface area contributed by atoms with Crippen molar-refractivity contribution in [3.63, 3.8) is 0 Å². The standard InChI is InChI=1S/C11H14BrN/c1-2-13-9-3-4-10-5-7-11(12)8-6-10/h3-8,13H,2,9H2,1H3/b4-3+. The van der Waals surface area contributed by atoms with Crippen LogP contribution in [-0.2, 0) is 0 Å². The van der Waals surface area contributed by atoms with E-state index in [-0.39, 0.29) is 0 Å². The van der Waals surface area contributed by atoms with Crippen LogP contribution in [0, 0.1) is 0 Å². The average molecular weight is 240 g/mol.